The van der Waals surface area contributed by atoms with Crippen molar-refractivity contribution in [1.29, 1.82) is 0 Å². The van der Waals surface area contributed by atoms with E-state index in [0.29, 0.717) is 34.5 Å². The Morgan fingerprint density at radius 1 is 0.949 bits per heavy atom. The smallest absolute Gasteiger partial charge is 0.335 e. The number of nitrogens with one attached hydrogen (secondary N) is 1. The number of hydrogen-bond donors (Lipinski definition) is 1. The van der Waals surface area contributed by atoms with Gasteiger partial charge >= 0.3 is 6.03 Å². The molecule has 1 saturated heterocycles. The normalized spacial score (nSPS) is 14.6. The van der Waals surface area contributed by atoms with Gasteiger partial charge in [-0.1, -0.05) is 66.2 Å². The molecule has 7 heteroatoms. The quantitative estimate of drug-likeness (QED) is 0.147. The molecule has 0 aliphatic carbocycles. The Balaban J connectivity index is 1.46. The maximum absolute atomic E-state index is 13.3. The molecular weight excluding hydrogens is 556 g/mol. The number of urea groups is 1. The average Bonchev–Trinajstić information content (AvgIpc) is 2.92. The minimum Gasteiger partial charge on any atom is -0.487 e. The lowest BCUT2D eigenvalue weighted by atomic mass is 10.0. The van der Waals surface area contributed by atoms with Gasteiger partial charge in [-0.15, -0.1) is 6.58 Å². The molecule has 0 aromatic heterocycles. The van der Waals surface area contributed by atoms with Gasteiger partial charge in [-0.25, -0.2) is 9.69 Å². The van der Waals surface area contributed by atoms with Crippen molar-refractivity contribution in [3.63, 3.8) is 0 Å². The Morgan fingerprint density at radius 3 is 2.46 bits per heavy atom. The van der Waals surface area contributed by atoms with Gasteiger partial charge in [-0.2, -0.15) is 0 Å². The van der Waals surface area contributed by atoms with Crippen molar-refractivity contribution in [3.05, 3.63) is 124 Å². The molecule has 4 aromatic rings. The molecule has 1 aliphatic rings. The van der Waals surface area contributed by atoms with E-state index >= 15 is 0 Å². The molecular formula is C32H25BrN2O4. The SMILES string of the molecule is C=CCc1cc(/C=C2\C(=O)NC(=O)N(c3ccc(C)cc3)C2=O)cc(Br)c1OCc1cccc2ccccc12. The molecule has 39 heavy (non-hydrogen) atoms. The Hall–Kier alpha value is -4.49. The van der Waals surface area contributed by atoms with Crippen molar-refractivity contribution in [1.82, 2.24) is 5.32 Å². The van der Waals surface area contributed by atoms with Gasteiger partial charge in [0.2, 0.25) is 0 Å². The minimum atomic E-state index is -0.781. The first-order chi connectivity index (χ1) is 18.9. The van der Waals surface area contributed by atoms with E-state index in [1.165, 1.54) is 6.08 Å². The number of nitrogens with zero attached hydrogens (tertiary/aromatic N) is 1. The van der Waals surface area contributed by atoms with Gasteiger partial charge in [0.1, 0.15) is 17.9 Å². The molecule has 5 rings (SSSR count). The molecule has 1 aliphatic heterocycles. The van der Waals surface area contributed by atoms with Gasteiger partial charge < -0.3 is 4.74 Å². The highest BCUT2D eigenvalue weighted by molar-refractivity contribution is 9.10. The fourth-order valence-electron chi connectivity index (χ4n) is 4.55. The summed E-state index contributed by atoms with van der Waals surface area (Å²) >= 11 is 3.61. The van der Waals surface area contributed by atoms with Crippen LogP contribution in [0, 0.1) is 6.92 Å². The summed E-state index contributed by atoms with van der Waals surface area (Å²) in [6.45, 7) is 6.13. The van der Waals surface area contributed by atoms with Crippen LogP contribution < -0.4 is 15.0 Å². The lowest BCUT2D eigenvalue weighted by Crippen LogP contribution is -2.54. The summed E-state index contributed by atoms with van der Waals surface area (Å²) in [7, 11) is 0. The second-order valence-corrected chi connectivity index (χ2v) is 10.1. The number of fused-ring (bicyclic) bond motifs is 1. The first-order valence-electron chi connectivity index (χ1n) is 12.4. The second-order valence-electron chi connectivity index (χ2n) is 9.20. The zero-order valence-electron chi connectivity index (χ0n) is 21.2. The van der Waals surface area contributed by atoms with Crippen LogP contribution in [0.15, 0.2) is 102 Å². The molecule has 1 fully saturated rings. The van der Waals surface area contributed by atoms with E-state index in [9.17, 15) is 14.4 Å². The molecule has 1 N–H and O–H groups in total. The summed E-state index contributed by atoms with van der Waals surface area (Å²) < 4.78 is 6.96. The third-order valence-corrected chi connectivity index (χ3v) is 7.05. The third kappa shape index (κ3) is 5.40. The van der Waals surface area contributed by atoms with Gasteiger partial charge in [-0.05, 0) is 87.1 Å². The number of anilines is 1. The van der Waals surface area contributed by atoms with Gasteiger partial charge in [0.15, 0.2) is 0 Å². The number of rotatable bonds is 7. The van der Waals surface area contributed by atoms with E-state index in [1.54, 1.807) is 36.4 Å². The van der Waals surface area contributed by atoms with Crippen LogP contribution in [0.4, 0.5) is 10.5 Å². The Labute approximate surface area is 234 Å². The molecule has 4 amide bonds. The van der Waals surface area contributed by atoms with E-state index in [0.717, 1.165) is 32.4 Å². The van der Waals surface area contributed by atoms with Crippen LogP contribution in [0.1, 0.15) is 22.3 Å². The summed E-state index contributed by atoms with van der Waals surface area (Å²) in [6.07, 6.45) is 3.76. The van der Waals surface area contributed by atoms with Crippen molar-refractivity contribution in [3.8, 4) is 5.75 Å². The number of hydrogen-bond acceptors (Lipinski definition) is 4. The molecule has 0 spiro atoms. The van der Waals surface area contributed by atoms with Crippen LogP contribution >= 0.6 is 15.9 Å². The van der Waals surface area contributed by atoms with Crippen LogP contribution in [0.25, 0.3) is 16.8 Å². The molecule has 0 saturated carbocycles. The molecule has 0 bridgehead atoms. The van der Waals surface area contributed by atoms with Gasteiger partial charge in [0, 0.05) is 0 Å². The van der Waals surface area contributed by atoms with E-state index in [-0.39, 0.29) is 5.57 Å². The zero-order chi connectivity index (χ0) is 27.5. The van der Waals surface area contributed by atoms with Crippen molar-refractivity contribution in [2.24, 2.45) is 0 Å². The molecule has 0 atom stereocenters. The molecule has 6 nitrogen and oxygen atoms in total. The van der Waals surface area contributed by atoms with Crippen LogP contribution in [0.3, 0.4) is 0 Å². The number of barbiturate groups is 1. The summed E-state index contributed by atoms with van der Waals surface area (Å²) in [5.74, 6) is -0.780. The number of halogens is 1. The van der Waals surface area contributed by atoms with E-state index in [2.05, 4.69) is 46.0 Å². The van der Waals surface area contributed by atoms with E-state index in [4.69, 9.17) is 4.74 Å². The number of carbonyl (C=O) groups excluding carboxylic acids is 3. The largest absolute Gasteiger partial charge is 0.487 e. The summed E-state index contributed by atoms with van der Waals surface area (Å²) in [5, 5.41) is 4.53. The maximum Gasteiger partial charge on any atom is 0.335 e. The van der Waals surface area contributed by atoms with E-state index in [1.807, 2.05) is 37.3 Å². The number of aryl methyl sites for hydroxylation is 1. The summed E-state index contributed by atoms with van der Waals surface area (Å²) in [5.41, 5.74) is 3.72. The second kappa shape index (κ2) is 11.1. The summed E-state index contributed by atoms with van der Waals surface area (Å²) in [4.78, 5) is 39.5. The van der Waals surface area contributed by atoms with Crippen molar-refractivity contribution in [2.75, 3.05) is 4.90 Å². The zero-order valence-corrected chi connectivity index (χ0v) is 22.8. The fourth-order valence-corrected chi connectivity index (χ4v) is 5.18. The summed E-state index contributed by atoms with van der Waals surface area (Å²) in [6, 6.07) is 24.0. The molecule has 1 heterocycles. The first kappa shape index (κ1) is 26.1. The van der Waals surface area contributed by atoms with Crippen LogP contribution in [0.5, 0.6) is 5.75 Å². The standard InChI is InChI=1S/C32H25BrN2O4/c1-3-7-23-16-21(17-27-30(36)34-32(38)35(31(27)37)25-14-12-20(2)13-15-25)18-28(33)29(23)39-19-24-10-6-9-22-8-4-5-11-26(22)24/h3-6,8-18H,1,7,19H2,2H3,(H,34,36,38)/b27-17+. The van der Waals surface area contributed by atoms with Crippen LogP contribution in [-0.2, 0) is 22.6 Å². The fraction of sp³-hybridized carbons (Fsp3) is 0.0938. The Kier molecular flexibility index (Phi) is 7.43. The Bertz CT molecular complexity index is 1650. The number of amides is 4. The molecule has 0 unspecified atom stereocenters. The van der Waals surface area contributed by atoms with Crippen LogP contribution in [-0.4, -0.2) is 17.8 Å². The number of imide groups is 2. The third-order valence-electron chi connectivity index (χ3n) is 6.46. The number of carbonyl (C=O) groups is 3. The number of ether oxygens (including phenoxy) is 1. The topological polar surface area (TPSA) is 75.7 Å². The van der Waals surface area contributed by atoms with Gasteiger partial charge in [0.05, 0.1) is 10.2 Å². The Morgan fingerprint density at radius 2 is 1.69 bits per heavy atom. The first-order valence-corrected chi connectivity index (χ1v) is 13.2. The predicted octanol–water partition coefficient (Wildman–Crippen LogP) is 6.88. The van der Waals surface area contributed by atoms with Gasteiger partial charge in [0.25, 0.3) is 11.8 Å². The van der Waals surface area contributed by atoms with Crippen LogP contribution in [0.2, 0.25) is 0 Å². The molecule has 4 aromatic carbocycles. The maximum atomic E-state index is 13.3. The molecule has 0 radical (unpaired) electrons. The lowest BCUT2D eigenvalue weighted by molar-refractivity contribution is -0.122. The molecule has 194 valence electrons. The van der Waals surface area contributed by atoms with Crippen molar-refractivity contribution in [2.45, 2.75) is 20.0 Å². The van der Waals surface area contributed by atoms with E-state index < -0.39 is 17.8 Å². The number of allylic oxidation sites excluding steroid dienone is 1. The van der Waals surface area contributed by atoms with Crippen molar-refractivity contribution >= 4 is 56.3 Å². The predicted molar refractivity (Wildman–Crippen MR) is 157 cm³/mol. The highest BCUT2D eigenvalue weighted by atomic mass is 79.9. The lowest BCUT2D eigenvalue weighted by Gasteiger charge is -2.26. The number of benzene rings is 4. The average molecular weight is 581 g/mol. The van der Waals surface area contributed by atoms with Gasteiger partial charge in [-0.3, -0.25) is 14.9 Å². The highest BCUT2D eigenvalue weighted by Gasteiger charge is 2.36. The van der Waals surface area contributed by atoms with Crippen molar-refractivity contribution < 1.29 is 19.1 Å². The minimum absolute atomic E-state index is 0.143. The monoisotopic (exact) mass is 580 g/mol. The highest BCUT2D eigenvalue weighted by Crippen LogP contribution is 2.34.